The molecule has 1 amide bonds. The van der Waals surface area contributed by atoms with Gasteiger partial charge in [0.05, 0.1) is 18.7 Å². The molecule has 0 spiro atoms. The van der Waals surface area contributed by atoms with Gasteiger partial charge in [0.2, 0.25) is 5.91 Å². The third kappa shape index (κ3) is 3.83. The molecule has 7 nitrogen and oxygen atoms in total. The fraction of sp³-hybridized carbons (Fsp3) is 0.105. The monoisotopic (exact) mass is 383 g/mol. The molecule has 4 rings (SSSR count). The van der Waals surface area contributed by atoms with Gasteiger partial charge in [-0.3, -0.25) is 9.48 Å². The second-order valence-electron chi connectivity index (χ2n) is 6.05. The van der Waals surface area contributed by atoms with E-state index in [1.165, 1.54) is 29.2 Å². The lowest BCUT2D eigenvalue weighted by molar-refractivity contribution is -0.116. The summed E-state index contributed by atoms with van der Waals surface area (Å²) in [4.78, 5) is 12.3. The summed E-state index contributed by atoms with van der Waals surface area (Å²) in [6.45, 7) is 0.306. The van der Waals surface area contributed by atoms with Gasteiger partial charge < -0.3 is 9.73 Å². The first-order valence-electron chi connectivity index (χ1n) is 8.40. The van der Waals surface area contributed by atoms with Crippen molar-refractivity contribution in [1.82, 2.24) is 19.6 Å². The van der Waals surface area contributed by atoms with Gasteiger partial charge in [-0.15, -0.1) is 0 Å². The van der Waals surface area contributed by atoms with Crippen LogP contribution in [0.4, 0.5) is 14.6 Å². The summed E-state index contributed by atoms with van der Waals surface area (Å²) in [5, 5.41) is 11.0. The van der Waals surface area contributed by atoms with Gasteiger partial charge in [-0.2, -0.15) is 10.2 Å². The highest BCUT2D eigenvalue weighted by molar-refractivity contribution is 5.89. The minimum Gasteiger partial charge on any atom is -0.467 e. The van der Waals surface area contributed by atoms with E-state index in [1.807, 2.05) is 6.07 Å². The SMILES string of the molecule is O=C(Cn1cc(-c2ccc(F)cc2F)cn1)Nc1ccnn1Cc1ccco1. The molecule has 3 heterocycles. The minimum atomic E-state index is -0.689. The molecule has 0 atom stereocenters. The molecule has 28 heavy (non-hydrogen) atoms. The van der Waals surface area contributed by atoms with E-state index >= 15 is 0 Å². The number of benzene rings is 1. The fourth-order valence-corrected chi connectivity index (χ4v) is 2.76. The van der Waals surface area contributed by atoms with Crippen molar-refractivity contribution in [3.05, 3.63) is 78.6 Å². The zero-order valence-electron chi connectivity index (χ0n) is 14.5. The van der Waals surface area contributed by atoms with Crippen molar-refractivity contribution in [2.24, 2.45) is 0 Å². The molecule has 0 radical (unpaired) electrons. The van der Waals surface area contributed by atoms with Crippen LogP contribution in [0.1, 0.15) is 5.76 Å². The summed E-state index contributed by atoms with van der Waals surface area (Å²) < 4.78 is 35.2. The first kappa shape index (κ1) is 17.7. The Kier molecular flexibility index (Phi) is 4.71. The molecule has 0 saturated carbocycles. The van der Waals surface area contributed by atoms with Crippen molar-refractivity contribution in [1.29, 1.82) is 0 Å². The summed E-state index contributed by atoms with van der Waals surface area (Å²) in [7, 11) is 0. The maximum atomic E-state index is 13.9. The quantitative estimate of drug-likeness (QED) is 0.554. The van der Waals surface area contributed by atoms with E-state index in [0.717, 1.165) is 6.07 Å². The second-order valence-corrected chi connectivity index (χ2v) is 6.05. The number of carbonyl (C=O) groups is 1. The van der Waals surface area contributed by atoms with E-state index in [2.05, 4.69) is 15.5 Å². The number of halogens is 2. The molecule has 0 unspecified atom stereocenters. The van der Waals surface area contributed by atoms with Crippen LogP contribution in [-0.4, -0.2) is 25.5 Å². The molecule has 0 aliphatic heterocycles. The molecule has 1 N–H and O–H groups in total. The van der Waals surface area contributed by atoms with Crippen molar-refractivity contribution >= 4 is 11.7 Å². The first-order chi connectivity index (χ1) is 13.6. The number of nitrogens with zero attached hydrogens (tertiary/aromatic N) is 4. The number of hydrogen-bond acceptors (Lipinski definition) is 4. The molecule has 0 aliphatic carbocycles. The molecule has 9 heteroatoms. The van der Waals surface area contributed by atoms with Crippen LogP contribution in [0.2, 0.25) is 0 Å². The Balaban J connectivity index is 1.42. The molecule has 0 fully saturated rings. The van der Waals surface area contributed by atoms with Crippen LogP contribution in [0.25, 0.3) is 11.1 Å². The Labute approximate surface area is 158 Å². The normalized spacial score (nSPS) is 10.9. The van der Waals surface area contributed by atoms with Crippen molar-refractivity contribution in [2.75, 3.05) is 5.32 Å². The molecule has 3 aromatic heterocycles. The third-order valence-corrected chi connectivity index (χ3v) is 4.05. The molecule has 4 aromatic rings. The Morgan fingerprint density at radius 3 is 2.86 bits per heavy atom. The van der Waals surface area contributed by atoms with Crippen molar-refractivity contribution in [3.63, 3.8) is 0 Å². The number of aromatic nitrogens is 4. The Bertz CT molecular complexity index is 1100. The van der Waals surface area contributed by atoms with Crippen LogP contribution >= 0.6 is 0 Å². The molecular weight excluding hydrogens is 368 g/mol. The van der Waals surface area contributed by atoms with Gasteiger partial charge in [-0.1, -0.05) is 0 Å². The molecule has 1 aromatic carbocycles. The lowest BCUT2D eigenvalue weighted by atomic mass is 10.1. The van der Waals surface area contributed by atoms with Gasteiger partial charge in [0.15, 0.2) is 0 Å². The van der Waals surface area contributed by atoms with Crippen LogP contribution in [0.15, 0.2) is 65.7 Å². The lowest BCUT2D eigenvalue weighted by Gasteiger charge is -2.08. The van der Waals surface area contributed by atoms with E-state index in [9.17, 15) is 13.6 Å². The number of rotatable bonds is 6. The number of nitrogens with one attached hydrogen (secondary N) is 1. The van der Waals surface area contributed by atoms with Gasteiger partial charge in [0.1, 0.15) is 36.3 Å². The zero-order chi connectivity index (χ0) is 19.5. The van der Waals surface area contributed by atoms with Gasteiger partial charge in [0.25, 0.3) is 0 Å². The van der Waals surface area contributed by atoms with E-state index in [4.69, 9.17) is 4.42 Å². The van der Waals surface area contributed by atoms with Gasteiger partial charge in [0, 0.05) is 29.5 Å². The minimum absolute atomic E-state index is 0.0747. The van der Waals surface area contributed by atoms with E-state index in [1.54, 1.807) is 29.3 Å². The third-order valence-electron chi connectivity index (χ3n) is 4.05. The van der Waals surface area contributed by atoms with E-state index < -0.39 is 11.6 Å². The standard InChI is InChI=1S/C19H15F2N5O2/c20-14-3-4-16(17(21)8-14)13-9-23-25(10-13)12-19(27)24-18-5-6-22-26(18)11-15-2-1-7-28-15/h1-10H,11-12H2,(H,24,27). The van der Waals surface area contributed by atoms with Crippen LogP contribution in [0, 0.1) is 11.6 Å². The average molecular weight is 383 g/mol. The van der Waals surface area contributed by atoms with Crippen molar-refractivity contribution < 1.29 is 18.0 Å². The summed E-state index contributed by atoms with van der Waals surface area (Å²) >= 11 is 0. The Hall–Kier alpha value is -3.75. The van der Waals surface area contributed by atoms with Crippen LogP contribution < -0.4 is 5.32 Å². The van der Waals surface area contributed by atoms with Crippen LogP contribution in [-0.2, 0) is 17.9 Å². The predicted octanol–water partition coefficient (Wildman–Crippen LogP) is 3.30. The highest BCUT2D eigenvalue weighted by Gasteiger charge is 2.12. The summed E-state index contributed by atoms with van der Waals surface area (Å²) in [5.41, 5.74) is 0.665. The largest absolute Gasteiger partial charge is 0.467 e. The van der Waals surface area contributed by atoms with Gasteiger partial charge in [-0.25, -0.2) is 13.5 Å². The number of furan rings is 1. The Morgan fingerprint density at radius 1 is 1.18 bits per heavy atom. The summed E-state index contributed by atoms with van der Waals surface area (Å²) in [6, 6.07) is 8.56. The smallest absolute Gasteiger partial charge is 0.247 e. The molecule has 0 bridgehead atoms. The maximum absolute atomic E-state index is 13.9. The average Bonchev–Trinajstić information content (AvgIpc) is 3.39. The van der Waals surface area contributed by atoms with Gasteiger partial charge in [-0.05, 0) is 24.3 Å². The van der Waals surface area contributed by atoms with Gasteiger partial charge >= 0.3 is 0 Å². The van der Waals surface area contributed by atoms with Crippen molar-refractivity contribution in [2.45, 2.75) is 13.1 Å². The topological polar surface area (TPSA) is 77.9 Å². The van der Waals surface area contributed by atoms with Crippen LogP contribution in [0.5, 0.6) is 0 Å². The predicted molar refractivity (Wildman–Crippen MR) is 96.2 cm³/mol. The molecular formula is C19H15F2N5O2. The second kappa shape index (κ2) is 7.47. The first-order valence-corrected chi connectivity index (χ1v) is 8.40. The van der Waals surface area contributed by atoms with E-state index in [-0.39, 0.29) is 18.0 Å². The Morgan fingerprint density at radius 2 is 2.07 bits per heavy atom. The highest BCUT2D eigenvalue weighted by Crippen LogP contribution is 2.22. The van der Waals surface area contributed by atoms with Crippen LogP contribution in [0.3, 0.4) is 0 Å². The number of amides is 1. The fourth-order valence-electron chi connectivity index (χ4n) is 2.76. The number of hydrogen-bond donors (Lipinski definition) is 1. The van der Waals surface area contributed by atoms with E-state index in [0.29, 0.717) is 23.7 Å². The highest BCUT2D eigenvalue weighted by atomic mass is 19.1. The molecule has 142 valence electrons. The maximum Gasteiger partial charge on any atom is 0.247 e. The number of anilines is 1. The summed E-state index contributed by atoms with van der Waals surface area (Å²) in [6.07, 6.45) is 6.08. The molecule has 0 saturated heterocycles. The number of carbonyl (C=O) groups excluding carboxylic acids is 1. The molecule has 0 aliphatic rings. The zero-order valence-corrected chi connectivity index (χ0v) is 14.5. The lowest BCUT2D eigenvalue weighted by Crippen LogP contribution is -2.21. The summed E-state index contributed by atoms with van der Waals surface area (Å²) in [5.74, 6) is -0.448. The van der Waals surface area contributed by atoms with Crippen molar-refractivity contribution in [3.8, 4) is 11.1 Å².